The number of nitrogens with zero attached hydrogens (tertiary/aromatic N) is 2. The van der Waals surface area contributed by atoms with Crippen LogP contribution in [-0.4, -0.2) is 61.6 Å². The fourth-order valence-electron chi connectivity index (χ4n) is 2.07. The Morgan fingerprint density at radius 1 is 1.38 bits per heavy atom. The number of nitrogens with one attached hydrogen (secondary N) is 2. The molecule has 0 radical (unpaired) electrons. The summed E-state index contributed by atoms with van der Waals surface area (Å²) >= 11 is 0. The van der Waals surface area contributed by atoms with Crippen LogP contribution in [-0.2, 0) is 16.1 Å². The number of hydrogen-bond donors (Lipinski definition) is 2. The maximum absolute atomic E-state index is 11.9. The standard InChI is InChI=1S/C17H28N4O3/c1-5-24-17(23)14-6-8-19-15(10-14)11-18-12-16(22)20-13(2)7-9-21(3)4/h6,8,10,13,18H,5,7,9,11-12H2,1-4H3,(H,20,22). The fraction of sp³-hybridized carbons (Fsp3) is 0.588. The molecule has 0 fully saturated rings. The van der Waals surface area contributed by atoms with E-state index < -0.39 is 0 Å². The van der Waals surface area contributed by atoms with Crippen molar-refractivity contribution in [2.24, 2.45) is 0 Å². The van der Waals surface area contributed by atoms with E-state index >= 15 is 0 Å². The van der Waals surface area contributed by atoms with Gasteiger partial charge in [0.05, 0.1) is 24.4 Å². The molecule has 1 unspecified atom stereocenters. The van der Waals surface area contributed by atoms with Gasteiger partial charge in [-0.3, -0.25) is 9.78 Å². The third kappa shape index (κ3) is 8.03. The lowest BCUT2D eigenvalue weighted by Crippen LogP contribution is -2.40. The topological polar surface area (TPSA) is 83.6 Å². The van der Waals surface area contributed by atoms with E-state index in [1.807, 2.05) is 21.0 Å². The minimum absolute atomic E-state index is 0.0530. The average Bonchev–Trinajstić information content (AvgIpc) is 2.53. The largest absolute Gasteiger partial charge is 0.462 e. The third-order valence-corrected chi connectivity index (χ3v) is 3.34. The van der Waals surface area contributed by atoms with E-state index in [-0.39, 0.29) is 24.5 Å². The second kappa shape index (κ2) is 10.7. The van der Waals surface area contributed by atoms with Crippen LogP contribution in [0.4, 0.5) is 0 Å². The van der Waals surface area contributed by atoms with Gasteiger partial charge in [0.15, 0.2) is 0 Å². The van der Waals surface area contributed by atoms with Crippen molar-refractivity contribution in [3.05, 3.63) is 29.6 Å². The molecule has 0 aromatic carbocycles. The second-order valence-corrected chi connectivity index (χ2v) is 5.92. The van der Waals surface area contributed by atoms with Gasteiger partial charge in [-0.2, -0.15) is 0 Å². The van der Waals surface area contributed by atoms with Crippen molar-refractivity contribution < 1.29 is 14.3 Å². The van der Waals surface area contributed by atoms with Crippen LogP contribution in [0.25, 0.3) is 0 Å². The first-order valence-electron chi connectivity index (χ1n) is 8.19. The van der Waals surface area contributed by atoms with Crippen LogP contribution in [0.15, 0.2) is 18.3 Å². The number of rotatable bonds is 10. The lowest BCUT2D eigenvalue weighted by Gasteiger charge is -2.16. The van der Waals surface area contributed by atoms with Gasteiger partial charge in [-0.15, -0.1) is 0 Å². The molecule has 1 atom stereocenters. The molecule has 0 aliphatic carbocycles. The van der Waals surface area contributed by atoms with E-state index in [1.165, 1.54) is 0 Å². The number of amides is 1. The summed E-state index contributed by atoms with van der Waals surface area (Å²) in [6.07, 6.45) is 2.47. The summed E-state index contributed by atoms with van der Waals surface area (Å²) in [5, 5.41) is 5.98. The summed E-state index contributed by atoms with van der Waals surface area (Å²) in [5.41, 5.74) is 1.15. The highest BCUT2D eigenvalue weighted by Gasteiger charge is 2.09. The van der Waals surface area contributed by atoms with Crippen molar-refractivity contribution in [3.63, 3.8) is 0 Å². The van der Waals surface area contributed by atoms with Gasteiger partial charge in [0.1, 0.15) is 0 Å². The van der Waals surface area contributed by atoms with Gasteiger partial charge in [-0.25, -0.2) is 4.79 Å². The van der Waals surface area contributed by atoms with Crippen LogP contribution in [0.5, 0.6) is 0 Å². The van der Waals surface area contributed by atoms with Crippen molar-refractivity contribution in [2.75, 3.05) is 33.8 Å². The molecular formula is C17H28N4O3. The lowest BCUT2D eigenvalue weighted by molar-refractivity contribution is -0.120. The summed E-state index contributed by atoms with van der Waals surface area (Å²) in [4.78, 5) is 29.8. The molecule has 7 nitrogen and oxygen atoms in total. The zero-order valence-electron chi connectivity index (χ0n) is 15.0. The summed E-state index contributed by atoms with van der Waals surface area (Å²) in [6, 6.07) is 3.41. The Bertz CT molecular complexity index is 534. The predicted octanol–water partition coefficient (Wildman–Crippen LogP) is 0.804. The fourth-order valence-corrected chi connectivity index (χ4v) is 2.07. The Labute approximate surface area is 143 Å². The number of esters is 1. The van der Waals surface area contributed by atoms with E-state index in [1.54, 1.807) is 25.3 Å². The Kier molecular flexibility index (Phi) is 8.96. The SMILES string of the molecule is CCOC(=O)c1ccnc(CNCC(=O)NC(C)CCN(C)C)c1. The molecule has 1 rings (SSSR count). The van der Waals surface area contributed by atoms with Crippen molar-refractivity contribution in [2.45, 2.75) is 32.9 Å². The Morgan fingerprint density at radius 2 is 2.12 bits per heavy atom. The van der Waals surface area contributed by atoms with Crippen LogP contribution in [0.3, 0.4) is 0 Å². The first kappa shape index (κ1) is 20.1. The third-order valence-electron chi connectivity index (χ3n) is 3.34. The van der Waals surface area contributed by atoms with E-state index in [0.717, 1.165) is 13.0 Å². The smallest absolute Gasteiger partial charge is 0.338 e. The summed E-state index contributed by atoms with van der Waals surface area (Å²) in [6.45, 7) is 5.64. The number of aromatic nitrogens is 1. The van der Waals surface area contributed by atoms with Crippen molar-refractivity contribution >= 4 is 11.9 Å². The van der Waals surface area contributed by atoms with Gasteiger partial charge in [0, 0.05) is 18.8 Å². The number of ether oxygens (including phenoxy) is 1. The van der Waals surface area contributed by atoms with Gasteiger partial charge in [-0.05, 0) is 53.0 Å². The Morgan fingerprint density at radius 3 is 2.79 bits per heavy atom. The first-order valence-corrected chi connectivity index (χ1v) is 8.19. The molecule has 2 N–H and O–H groups in total. The zero-order chi connectivity index (χ0) is 17.9. The lowest BCUT2D eigenvalue weighted by atomic mass is 10.2. The number of hydrogen-bond acceptors (Lipinski definition) is 6. The molecule has 24 heavy (non-hydrogen) atoms. The highest BCUT2D eigenvalue weighted by Crippen LogP contribution is 2.04. The molecule has 7 heteroatoms. The van der Waals surface area contributed by atoms with Gasteiger partial charge in [0.25, 0.3) is 0 Å². The van der Waals surface area contributed by atoms with Crippen LogP contribution >= 0.6 is 0 Å². The van der Waals surface area contributed by atoms with E-state index in [2.05, 4.69) is 20.5 Å². The van der Waals surface area contributed by atoms with Crippen molar-refractivity contribution in [1.29, 1.82) is 0 Å². The molecule has 1 aromatic rings. The van der Waals surface area contributed by atoms with Gasteiger partial charge in [-0.1, -0.05) is 0 Å². The van der Waals surface area contributed by atoms with E-state index in [0.29, 0.717) is 24.4 Å². The van der Waals surface area contributed by atoms with Gasteiger partial charge >= 0.3 is 5.97 Å². The highest BCUT2D eigenvalue weighted by atomic mass is 16.5. The first-order chi connectivity index (χ1) is 11.4. The summed E-state index contributed by atoms with van der Waals surface area (Å²) in [7, 11) is 4.01. The zero-order valence-corrected chi connectivity index (χ0v) is 15.0. The molecule has 0 bridgehead atoms. The van der Waals surface area contributed by atoms with Crippen LogP contribution in [0, 0.1) is 0 Å². The Balaban J connectivity index is 2.35. The maximum Gasteiger partial charge on any atom is 0.338 e. The molecule has 0 spiro atoms. The molecule has 0 saturated carbocycles. The monoisotopic (exact) mass is 336 g/mol. The molecule has 0 saturated heterocycles. The molecule has 1 aromatic heterocycles. The maximum atomic E-state index is 11.9. The van der Waals surface area contributed by atoms with Crippen LogP contribution in [0.2, 0.25) is 0 Å². The molecule has 0 aliphatic rings. The van der Waals surface area contributed by atoms with Gasteiger partial charge in [0.2, 0.25) is 5.91 Å². The van der Waals surface area contributed by atoms with E-state index in [4.69, 9.17) is 4.74 Å². The normalized spacial score (nSPS) is 12.0. The van der Waals surface area contributed by atoms with Crippen LogP contribution in [0.1, 0.15) is 36.3 Å². The minimum atomic E-state index is -0.367. The highest BCUT2D eigenvalue weighted by molar-refractivity contribution is 5.89. The van der Waals surface area contributed by atoms with Crippen LogP contribution < -0.4 is 10.6 Å². The number of pyridine rings is 1. The summed E-state index contributed by atoms with van der Waals surface area (Å²) < 4.78 is 4.95. The molecule has 134 valence electrons. The quantitative estimate of drug-likeness (QED) is 0.615. The predicted molar refractivity (Wildman–Crippen MR) is 92.7 cm³/mol. The number of carbonyl (C=O) groups excluding carboxylic acids is 2. The second-order valence-electron chi connectivity index (χ2n) is 5.92. The average molecular weight is 336 g/mol. The minimum Gasteiger partial charge on any atom is -0.462 e. The molecule has 1 amide bonds. The molecule has 1 heterocycles. The Hall–Kier alpha value is -1.99. The van der Waals surface area contributed by atoms with Crippen molar-refractivity contribution in [1.82, 2.24) is 20.5 Å². The molecular weight excluding hydrogens is 308 g/mol. The number of carbonyl (C=O) groups is 2. The van der Waals surface area contributed by atoms with E-state index in [9.17, 15) is 9.59 Å². The van der Waals surface area contributed by atoms with Crippen molar-refractivity contribution in [3.8, 4) is 0 Å². The summed E-state index contributed by atoms with van der Waals surface area (Å²) in [5.74, 6) is -0.420. The van der Waals surface area contributed by atoms with Gasteiger partial charge < -0.3 is 20.3 Å². The molecule has 0 aliphatic heterocycles.